The van der Waals surface area contributed by atoms with Crippen LogP contribution in [0.15, 0.2) is 23.1 Å². The van der Waals surface area contributed by atoms with Crippen molar-refractivity contribution < 1.29 is 8.42 Å². The van der Waals surface area contributed by atoms with Gasteiger partial charge in [-0.15, -0.1) is 12.4 Å². The topological polar surface area (TPSA) is 58.2 Å². The highest BCUT2D eigenvalue weighted by molar-refractivity contribution is 7.89. The Bertz CT molecular complexity index is 569. The summed E-state index contributed by atoms with van der Waals surface area (Å²) >= 11 is 0. The number of nitrogens with one attached hydrogen (secondary N) is 2. The van der Waals surface area contributed by atoms with Crippen molar-refractivity contribution in [1.29, 1.82) is 0 Å². The van der Waals surface area contributed by atoms with Gasteiger partial charge in [-0.3, -0.25) is 0 Å². The van der Waals surface area contributed by atoms with Crippen molar-refractivity contribution in [3.05, 3.63) is 29.3 Å². The molecular formula is C15H25ClN2O2S. The summed E-state index contributed by atoms with van der Waals surface area (Å²) in [6, 6.07) is 5.48. The Morgan fingerprint density at radius 3 is 2.67 bits per heavy atom. The third-order valence-corrected chi connectivity index (χ3v) is 5.72. The molecule has 1 aromatic carbocycles. The fourth-order valence-corrected chi connectivity index (χ4v) is 4.35. The van der Waals surface area contributed by atoms with E-state index in [1.54, 1.807) is 6.07 Å². The summed E-state index contributed by atoms with van der Waals surface area (Å²) in [6.07, 6.45) is 2.18. The molecule has 21 heavy (non-hydrogen) atoms. The molecule has 6 heteroatoms. The zero-order valence-corrected chi connectivity index (χ0v) is 14.5. The van der Waals surface area contributed by atoms with E-state index < -0.39 is 10.0 Å². The predicted molar refractivity (Wildman–Crippen MR) is 88.5 cm³/mol. The van der Waals surface area contributed by atoms with Gasteiger partial charge < -0.3 is 5.32 Å². The van der Waals surface area contributed by atoms with Crippen LogP contribution in [0, 0.1) is 19.8 Å². The van der Waals surface area contributed by atoms with Crippen LogP contribution in [0.3, 0.4) is 0 Å². The first kappa shape index (κ1) is 18.4. The molecule has 4 nitrogen and oxygen atoms in total. The van der Waals surface area contributed by atoms with Crippen LogP contribution in [-0.4, -0.2) is 27.5 Å². The highest BCUT2D eigenvalue weighted by Crippen LogP contribution is 2.20. The smallest absolute Gasteiger partial charge is 0.241 e. The molecule has 2 unspecified atom stereocenters. The lowest BCUT2D eigenvalue weighted by molar-refractivity contribution is 0.320. The zero-order chi connectivity index (χ0) is 14.8. The van der Waals surface area contributed by atoms with Crippen LogP contribution in [-0.2, 0) is 10.0 Å². The Labute approximate surface area is 134 Å². The third-order valence-electron chi connectivity index (χ3n) is 4.02. The van der Waals surface area contributed by atoms with Gasteiger partial charge in [-0.2, -0.15) is 0 Å². The van der Waals surface area contributed by atoms with Crippen molar-refractivity contribution in [2.24, 2.45) is 5.92 Å². The molecule has 0 saturated carbocycles. The Hall–Kier alpha value is -0.620. The number of hydrogen-bond acceptors (Lipinski definition) is 3. The van der Waals surface area contributed by atoms with E-state index in [9.17, 15) is 8.42 Å². The van der Waals surface area contributed by atoms with E-state index in [0.717, 1.165) is 37.1 Å². The molecule has 2 N–H and O–H groups in total. The van der Waals surface area contributed by atoms with E-state index in [-0.39, 0.29) is 18.4 Å². The number of sulfonamides is 1. The number of halogens is 1. The van der Waals surface area contributed by atoms with Crippen molar-refractivity contribution in [1.82, 2.24) is 10.0 Å². The minimum Gasteiger partial charge on any atom is -0.316 e. The van der Waals surface area contributed by atoms with Gasteiger partial charge >= 0.3 is 0 Å². The minimum absolute atomic E-state index is 0. The molecule has 2 rings (SSSR count). The quantitative estimate of drug-likeness (QED) is 0.890. The molecule has 1 heterocycles. The fourth-order valence-electron chi connectivity index (χ4n) is 2.71. The Morgan fingerprint density at radius 1 is 1.33 bits per heavy atom. The van der Waals surface area contributed by atoms with Crippen molar-refractivity contribution in [2.45, 2.75) is 44.6 Å². The normalized spacial score (nSPS) is 20.6. The summed E-state index contributed by atoms with van der Waals surface area (Å²) in [5.41, 5.74) is 1.75. The molecule has 0 amide bonds. The molecule has 0 radical (unpaired) electrons. The summed E-state index contributed by atoms with van der Waals surface area (Å²) in [5.74, 6) is 0.364. The van der Waals surface area contributed by atoms with Gasteiger partial charge in [0.15, 0.2) is 0 Å². The molecule has 0 aromatic heterocycles. The monoisotopic (exact) mass is 332 g/mol. The van der Waals surface area contributed by atoms with E-state index in [1.165, 1.54) is 0 Å². The molecule has 1 fully saturated rings. The highest BCUT2D eigenvalue weighted by Gasteiger charge is 2.25. The lowest BCUT2D eigenvalue weighted by Crippen LogP contribution is -2.44. The summed E-state index contributed by atoms with van der Waals surface area (Å²) in [7, 11) is -3.44. The van der Waals surface area contributed by atoms with E-state index in [0.29, 0.717) is 10.8 Å². The SMILES string of the molecule is Cc1ccc(C)c(S(=O)(=O)NC(C)C2CCCNC2)c1.Cl. The Kier molecular flexibility index (Phi) is 6.66. The van der Waals surface area contributed by atoms with Crippen LogP contribution in [0.5, 0.6) is 0 Å². The summed E-state index contributed by atoms with van der Waals surface area (Å²) in [4.78, 5) is 0.396. The van der Waals surface area contributed by atoms with Gasteiger partial charge in [0.25, 0.3) is 0 Å². The first-order chi connectivity index (χ1) is 9.40. The van der Waals surface area contributed by atoms with Crippen LogP contribution in [0.4, 0.5) is 0 Å². The van der Waals surface area contributed by atoms with Crippen LogP contribution < -0.4 is 10.0 Å². The summed E-state index contributed by atoms with van der Waals surface area (Å²) in [6.45, 7) is 7.62. The van der Waals surface area contributed by atoms with E-state index in [1.807, 2.05) is 32.9 Å². The molecule has 1 saturated heterocycles. The number of rotatable bonds is 4. The second-order valence-corrected chi connectivity index (χ2v) is 7.47. The molecule has 120 valence electrons. The van der Waals surface area contributed by atoms with Gasteiger partial charge in [-0.25, -0.2) is 13.1 Å². The first-order valence-corrected chi connectivity index (χ1v) is 8.69. The van der Waals surface area contributed by atoms with Gasteiger partial charge in [0.05, 0.1) is 4.90 Å². The largest absolute Gasteiger partial charge is 0.316 e. The lowest BCUT2D eigenvalue weighted by atomic mass is 9.94. The average molecular weight is 333 g/mol. The zero-order valence-electron chi connectivity index (χ0n) is 12.8. The maximum Gasteiger partial charge on any atom is 0.241 e. The van der Waals surface area contributed by atoms with Crippen LogP contribution in [0.25, 0.3) is 0 Å². The van der Waals surface area contributed by atoms with Crippen molar-refractivity contribution in [2.75, 3.05) is 13.1 Å². The summed E-state index contributed by atoms with van der Waals surface area (Å²) < 4.78 is 27.9. The van der Waals surface area contributed by atoms with Gasteiger partial charge in [-0.05, 0) is 69.8 Å². The molecule has 0 spiro atoms. The van der Waals surface area contributed by atoms with Gasteiger partial charge in [0, 0.05) is 6.04 Å². The minimum atomic E-state index is -3.44. The van der Waals surface area contributed by atoms with Crippen molar-refractivity contribution in [3.63, 3.8) is 0 Å². The van der Waals surface area contributed by atoms with Gasteiger partial charge in [-0.1, -0.05) is 12.1 Å². The summed E-state index contributed by atoms with van der Waals surface area (Å²) in [5, 5.41) is 3.33. The molecule has 0 aliphatic carbocycles. The molecule has 1 aliphatic rings. The molecule has 2 atom stereocenters. The molecular weight excluding hydrogens is 308 g/mol. The van der Waals surface area contributed by atoms with E-state index in [4.69, 9.17) is 0 Å². The molecule has 1 aromatic rings. The van der Waals surface area contributed by atoms with Crippen molar-refractivity contribution >= 4 is 22.4 Å². The first-order valence-electron chi connectivity index (χ1n) is 7.20. The van der Waals surface area contributed by atoms with Crippen molar-refractivity contribution in [3.8, 4) is 0 Å². The maximum absolute atomic E-state index is 12.5. The number of piperidine rings is 1. The van der Waals surface area contributed by atoms with Crippen LogP contribution in [0.2, 0.25) is 0 Å². The number of hydrogen-bond donors (Lipinski definition) is 2. The maximum atomic E-state index is 12.5. The predicted octanol–water partition coefficient (Wildman–Crippen LogP) is 2.39. The Morgan fingerprint density at radius 2 is 2.05 bits per heavy atom. The standard InChI is InChI=1S/C15H24N2O2S.ClH/c1-11-6-7-12(2)15(9-11)20(18,19)17-13(3)14-5-4-8-16-10-14;/h6-7,9,13-14,16-17H,4-5,8,10H2,1-3H3;1H. The second kappa shape index (κ2) is 7.58. The lowest BCUT2D eigenvalue weighted by Gasteiger charge is -2.29. The van der Waals surface area contributed by atoms with Gasteiger partial charge in [0.1, 0.15) is 0 Å². The molecule has 1 aliphatic heterocycles. The number of benzene rings is 1. The van der Waals surface area contributed by atoms with E-state index in [2.05, 4.69) is 10.0 Å². The van der Waals surface area contributed by atoms with Crippen LogP contribution >= 0.6 is 12.4 Å². The second-order valence-electron chi connectivity index (χ2n) is 5.79. The van der Waals surface area contributed by atoms with Gasteiger partial charge in [0.2, 0.25) is 10.0 Å². The number of aryl methyl sites for hydroxylation is 2. The average Bonchev–Trinajstić information content (AvgIpc) is 2.42. The fraction of sp³-hybridized carbons (Fsp3) is 0.600. The highest BCUT2D eigenvalue weighted by atomic mass is 35.5. The molecule has 0 bridgehead atoms. The van der Waals surface area contributed by atoms with Crippen LogP contribution in [0.1, 0.15) is 30.9 Å². The third kappa shape index (κ3) is 4.68. The Balaban J connectivity index is 0.00000220. The van der Waals surface area contributed by atoms with E-state index >= 15 is 0 Å².